The summed E-state index contributed by atoms with van der Waals surface area (Å²) in [5, 5.41) is 0.705. The van der Waals surface area contributed by atoms with Crippen molar-refractivity contribution in [2.75, 3.05) is 39.3 Å². The number of ether oxygens (including phenoxy) is 1. The number of rotatable bonds is 5. The van der Waals surface area contributed by atoms with Crippen molar-refractivity contribution in [2.45, 2.75) is 6.92 Å². The van der Waals surface area contributed by atoms with Gasteiger partial charge in [-0.2, -0.15) is 0 Å². The van der Waals surface area contributed by atoms with E-state index in [1.165, 1.54) is 0 Å². The Morgan fingerprint density at radius 3 is 2.52 bits per heavy atom. The summed E-state index contributed by atoms with van der Waals surface area (Å²) in [6.45, 7) is 6.49. The lowest BCUT2D eigenvalue weighted by molar-refractivity contribution is 0.0614. The maximum absolute atomic E-state index is 12.5. The average Bonchev–Trinajstić information content (AvgIpc) is 2.63. The van der Waals surface area contributed by atoms with Crippen LogP contribution in [0.1, 0.15) is 16.2 Å². The molecular weight excluding hydrogens is 338 g/mol. The smallest absolute Gasteiger partial charge is 0.272 e. The third kappa shape index (κ3) is 4.94. The fourth-order valence-electron chi connectivity index (χ4n) is 2.82. The number of aromatic nitrogens is 1. The second-order valence-electron chi connectivity index (χ2n) is 6.10. The summed E-state index contributed by atoms with van der Waals surface area (Å²) >= 11 is 5.86. The van der Waals surface area contributed by atoms with E-state index in [-0.39, 0.29) is 5.91 Å². The monoisotopic (exact) mass is 359 g/mol. The molecule has 0 atom stereocenters. The van der Waals surface area contributed by atoms with Gasteiger partial charge in [-0.25, -0.2) is 4.98 Å². The number of halogens is 1. The van der Waals surface area contributed by atoms with Gasteiger partial charge in [0.25, 0.3) is 5.91 Å². The number of pyridine rings is 1. The molecule has 0 bridgehead atoms. The van der Waals surface area contributed by atoms with Gasteiger partial charge in [0.2, 0.25) is 0 Å². The van der Waals surface area contributed by atoms with Gasteiger partial charge in [-0.1, -0.05) is 17.7 Å². The molecule has 2 heterocycles. The Morgan fingerprint density at radius 1 is 1.12 bits per heavy atom. The lowest BCUT2D eigenvalue weighted by Crippen LogP contribution is -2.49. The maximum Gasteiger partial charge on any atom is 0.272 e. The van der Waals surface area contributed by atoms with E-state index in [1.54, 1.807) is 6.07 Å². The topological polar surface area (TPSA) is 45.7 Å². The molecular formula is C19H22ClN3O2. The second-order valence-corrected chi connectivity index (χ2v) is 6.54. The number of hydrogen-bond acceptors (Lipinski definition) is 4. The van der Waals surface area contributed by atoms with Crippen LogP contribution in [0, 0.1) is 6.92 Å². The first kappa shape index (κ1) is 17.7. The molecule has 1 amide bonds. The fraction of sp³-hybridized carbons (Fsp3) is 0.368. The molecule has 0 aliphatic carbocycles. The molecule has 0 radical (unpaired) electrons. The van der Waals surface area contributed by atoms with Crippen molar-refractivity contribution in [1.82, 2.24) is 14.8 Å². The number of amides is 1. The van der Waals surface area contributed by atoms with Crippen molar-refractivity contribution in [1.29, 1.82) is 0 Å². The highest BCUT2D eigenvalue weighted by Gasteiger charge is 2.22. The molecule has 0 unspecified atom stereocenters. The van der Waals surface area contributed by atoms with Gasteiger partial charge in [-0.05, 0) is 43.3 Å². The number of aryl methyl sites for hydroxylation is 1. The minimum Gasteiger partial charge on any atom is -0.492 e. The van der Waals surface area contributed by atoms with Crippen molar-refractivity contribution in [3.05, 3.63) is 58.9 Å². The molecule has 5 nitrogen and oxygen atoms in total. The van der Waals surface area contributed by atoms with Crippen LogP contribution in [0.4, 0.5) is 0 Å². The Kier molecular flexibility index (Phi) is 5.89. The zero-order valence-corrected chi connectivity index (χ0v) is 15.1. The van der Waals surface area contributed by atoms with E-state index >= 15 is 0 Å². The Labute approximate surface area is 153 Å². The number of nitrogens with zero attached hydrogens (tertiary/aromatic N) is 3. The van der Waals surface area contributed by atoms with Gasteiger partial charge < -0.3 is 9.64 Å². The largest absolute Gasteiger partial charge is 0.492 e. The molecule has 3 rings (SSSR count). The third-order valence-corrected chi connectivity index (χ3v) is 4.51. The second kappa shape index (κ2) is 8.32. The van der Waals surface area contributed by atoms with E-state index in [2.05, 4.69) is 9.88 Å². The molecule has 25 heavy (non-hydrogen) atoms. The standard InChI is InChI=1S/C19H22ClN3O2/c1-15-3-2-4-18(21-15)19(24)23-11-9-22(10-12-23)13-14-25-17-7-5-16(20)6-8-17/h2-8H,9-14H2,1H3. The minimum atomic E-state index is 0.0146. The van der Waals surface area contributed by atoms with Gasteiger partial charge in [0.1, 0.15) is 18.1 Å². The highest BCUT2D eigenvalue weighted by Crippen LogP contribution is 2.15. The molecule has 1 aromatic heterocycles. The Bertz CT molecular complexity index is 713. The number of piperazine rings is 1. The van der Waals surface area contributed by atoms with Gasteiger partial charge >= 0.3 is 0 Å². The van der Waals surface area contributed by atoms with Crippen LogP contribution in [-0.2, 0) is 0 Å². The van der Waals surface area contributed by atoms with Gasteiger partial charge in [0.15, 0.2) is 0 Å². The summed E-state index contributed by atoms with van der Waals surface area (Å²) in [5.74, 6) is 0.837. The highest BCUT2D eigenvalue weighted by molar-refractivity contribution is 6.30. The summed E-state index contributed by atoms with van der Waals surface area (Å²) in [6, 6.07) is 12.9. The van der Waals surface area contributed by atoms with E-state index in [0.29, 0.717) is 17.3 Å². The number of benzene rings is 1. The summed E-state index contributed by atoms with van der Waals surface area (Å²) < 4.78 is 5.73. The van der Waals surface area contributed by atoms with E-state index in [1.807, 2.05) is 48.2 Å². The zero-order chi connectivity index (χ0) is 17.6. The molecule has 1 aromatic carbocycles. The fourth-order valence-corrected chi connectivity index (χ4v) is 2.95. The first-order chi connectivity index (χ1) is 12.1. The zero-order valence-electron chi connectivity index (χ0n) is 14.3. The number of carbonyl (C=O) groups excluding carboxylic acids is 1. The molecule has 1 fully saturated rings. The van der Waals surface area contributed by atoms with Gasteiger partial charge in [-0.15, -0.1) is 0 Å². The van der Waals surface area contributed by atoms with E-state index < -0.39 is 0 Å². The predicted molar refractivity (Wildman–Crippen MR) is 98.3 cm³/mol. The van der Waals surface area contributed by atoms with Crippen LogP contribution in [-0.4, -0.2) is 60.0 Å². The Morgan fingerprint density at radius 2 is 1.84 bits per heavy atom. The summed E-state index contributed by atoms with van der Waals surface area (Å²) in [7, 11) is 0. The van der Waals surface area contributed by atoms with Crippen LogP contribution >= 0.6 is 11.6 Å². The van der Waals surface area contributed by atoms with Gasteiger partial charge in [0.05, 0.1) is 0 Å². The van der Waals surface area contributed by atoms with E-state index in [4.69, 9.17) is 16.3 Å². The van der Waals surface area contributed by atoms with Gasteiger partial charge in [0, 0.05) is 43.4 Å². The van der Waals surface area contributed by atoms with Crippen molar-refractivity contribution < 1.29 is 9.53 Å². The molecule has 6 heteroatoms. The van der Waals surface area contributed by atoms with Crippen LogP contribution in [0.25, 0.3) is 0 Å². The van der Waals surface area contributed by atoms with Crippen molar-refractivity contribution in [3.63, 3.8) is 0 Å². The summed E-state index contributed by atoms with van der Waals surface area (Å²) in [6.07, 6.45) is 0. The maximum atomic E-state index is 12.5. The van der Waals surface area contributed by atoms with Crippen molar-refractivity contribution in [3.8, 4) is 5.75 Å². The minimum absolute atomic E-state index is 0.0146. The Balaban J connectivity index is 1.42. The normalized spacial score (nSPS) is 15.2. The van der Waals surface area contributed by atoms with Crippen LogP contribution in [0.3, 0.4) is 0 Å². The molecule has 0 N–H and O–H groups in total. The van der Waals surface area contributed by atoms with Crippen LogP contribution in [0.5, 0.6) is 5.75 Å². The van der Waals surface area contributed by atoms with Gasteiger partial charge in [-0.3, -0.25) is 9.69 Å². The summed E-state index contributed by atoms with van der Waals surface area (Å²) in [5.41, 5.74) is 1.39. The first-order valence-electron chi connectivity index (χ1n) is 8.45. The number of carbonyl (C=O) groups is 1. The summed E-state index contributed by atoms with van der Waals surface area (Å²) in [4.78, 5) is 21.0. The SMILES string of the molecule is Cc1cccc(C(=O)N2CCN(CCOc3ccc(Cl)cc3)CC2)n1. The third-order valence-electron chi connectivity index (χ3n) is 4.26. The molecule has 0 saturated carbocycles. The molecule has 1 aliphatic heterocycles. The molecule has 1 aliphatic rings. The molecule has 1 saturated heterocycles. The van der Waals surface area contributed by atoms with E-state index in [0.717, 1.165) is 44.2 Å². The van der Waals surface area contributed by atoms with Crippen molar-refractivity contribution in [2.24, 2.45) is 0 Å². The predicted octanol–water partition coefficient (Wildman–Crippen LogP) is 2.88. The van der Waals surface area contributed by atoms with E-state index in [9.17, 15) is 4.79 Å². The van der Waals surface area contributed by atoms with Crippen LogP contribution in [0.2, 0.25) is 5.02 Å². The average molecular weight is 360 g/mol. The molecule has 132 valence electrons. The molecule has 0 spiro atoms. The lowest BCUT2D eigenvalue weighted by atomic mass is 10.2. The lowest BCUT2D eigenvalue weighted by Gasteiger charge is -2.34. The van der Waals surface area contributed by atoms with Crippen molar-refractivity contribution >= 4 is 17.5 Å². The molecule has 2 aromatic rings. The van der Waals surface area contributed by atoms with Crippen LogP contribution < -0.4 is 4.74 Å². The number of hydrogen-bond donors (Lipinski definition) is 0. The first-order valence-corrected chi connectivity index (χ1v) is 8.83. The van der Waals surface area contributed by atoms with Crippen LogP contribution in [0.15, 0.2) is 42.5 Å². The Hall–Kier alpha value is -2.11. The highest BCUT2D eigenvalue weighted by atomic mass is 35.5. The quantitative estimate of drug-likeness (QED) is 0.823.